The highest BCUT2D eigenvalue weighted by molar-refractivity contribution is 6.34. The van der Waals surface area contributed by atoms with Crippen LogP contribution in [0.3, 0.4) is 0 Å². The zero-order valence-corrected chi connectivity index (χ0v) is 14.2. The summed E-state index contributed by atoms with van der Waals surface area (Å²) in [4.78, 5) is 37.4. The van der Waals surface area contributed by atoms with E-state index in [0.29, 0.717) is 12.8 Å². The number of para-hydroxylation sites is 1. The molecule has 0 unspecified atom stereocenters. The molecule has 0 bridgehead atoms. The normalized spacial score (nSPS) is 19.2. The second-order valence-corrected chi connectivity index (χ2v) is 6.73. The lowest BCUT2D eigenvalue weighted by Gasteiger charge is -2.20. The smallest absolute Gasteiger partial charge is 0.323 e. The number of nitrogens with zero attached hydrogens (tertiary/aromatic N) is 1. The lowest BCUT2D eigenvalue weighted by molar-refractivity contribution is -0.137. The Labute approximate surface area is 151 Å². The highest BCUT2D eigenvalue weighted by Crippen LogP contribution is 2.39. The summed E-state index contributed by atoms with van der Waals surface area (Å²) in [7, 11) is 0. The summed E-state index contributed by atoms with van der Waals surface area (Å²) < 4.78 is 39.2. The number of nitrogens with one attached hydrogen (secondary N) is 2. The predicted molar refractivity (Wildman–Crippen MR) is 86.5 cm³/mol. The minimum absolute atomic E-state index is 0.294. The number of hydrogen-bond acceptors (Lipinski definition) is 3. The van der Waals surface area contributed by atoms with Crippen LogP contribution in [0.4, 0.5) is 23.7 Å². The number of rotatable bonds is 3. The van der Waals surface area contributed by atoms with Crippen LogP contribution in [0.5, 0.6) is 0 Å². The zero-order valence-electron chi connectivity index (χ0n) is 13.5. The number of benzene rings is 1. The zero-order chi connectivity index (χ0) is 19.1. The second-order valence-electron chi connectivity index (χ2n) is 6.32. The Morgan fingerprint density at radius 2 is 1.92 bits per heavy atom. The first-order valence-electron chi connectivity index (χ1n) is 7.94. The van der Waals surface area contributed by atoms with Crippen LogP contribution in [0.1, 0.15) is 31.2 Å². The van der Waals surface area contributed by atoms with Gasteiger partial charge in [0.2, 0.25) is 5.91 Å². The van der Waals surface area contributed by atoms with Crippen LogP contribution in [0, 0.1) is 0 Å². The van der Waals surface area contributed by atoms with E-state index in [1.165, 1.54) is 6.07 Å². The number of carbonyl (C=O) groups excluding carboxylic acids is 3. The van der Waals surface area contributed by atoms with Gasteiger partial charge in [-0.1, -0.05) is 30.5 Å². The Bertz CT molecular complexity index is 776. The molecule has 1 aromatic carbocycles. The summed E-state index contributed by atoms with van der Waals surface area (Å²) in [5.74, 6) is -1.47. The molecule has 3 rings (SSSR count). The van der Waals surface area contributed by atoms with Gasteiger partial charge in [-0.3, -0.25) is 14.5 Å². The maximum atomic E-state index is 13.1. The van der Waals surface area contributed by atoms with Crippen LogP contribution in [-0.4, -0.2) is 34.8 Å². The monoisotopic (exact) mass is 389 g/mol. The van der Waals surface area contributed by atoms with E-state index in [9.17, 15) is 27.6 Å². The van der Waals surface area contributed by atoms with Gasteiger partial charge in [0.25, 0.3) is 5.91 Å². The highest BCUT2D eigenvalue weighted by Gasteiger charge is 2.52. The van der Waals surface area contributed by atoms with E-state index in [4.69, 9.17) is 11.6 Å². The van der Waals surface area contributed by atoms with E-state index in [1.807, 2.05) is 0 Å². The van der Waals surface area contributed by atoms with Crippen LogP contribution in [0.25, 0.3) is 0 Å². The van der Waals surface area contributed by atoms with E-state index in [1.54, 1.807) is 0 Å². The minimum Gasteiger partial charge on any atom is -0.323 e. The van der Waals surface area contributed by atoms with Crippen LogP contribution in [0.2, 0.25) is 5.02 Å². The van der Waals surface area contributed by atoms with E-state index in [2.05, 4.69) is 10.6 Å². The molecule has 1 saturated heterocycles. The summed E-state index contributed by atoms with van der Waals surface area (Å²) in [5, 5.41) is 4.37. The van der Waals surface area contributed by atoms with Crippen LogP contribution >= 0.6 is 11.6 Å². The van der Waals surface area contributed by atoms with Gasteiger partial charge in [0, 0.05) is 0 Å². The van der Waals surface area contributed by atoms with E-state index >= 15 is 0 Å². The van der Waals surface area contributed by atoms with Gasteiger partial charge >= 0.3 is 12.2 Å². The molecule has 4 amide bonds. The van der Waals surface area contributed by atoms with Crippen molar-refractivity contribution in [2.45, 2.75) is 37.4 Å². The standard InChI is InChI=1S/C16H15ClF3N3O3/c17-10-5-3-4-9(16(18,19)20)12(10)21-11(24)8-23-13(25)15(22-14(23)26)6-1-2-7-15/h3-5H,1-2,6-8H2,(H,21,24)(H,22,26). The first-order valence-corrected chi connectivity index (χ1v) is 8.31. The van der Waals surface area contributed by atoms with Gasteiger partial charge in [-0.25, -0.2) is 4.79 Å². The van der Waals surface area contributed by atoms with Gasteiger partial charge < -0.3 is 10.6 Å². The fourth-order valence-electron chi connectivity index (χ4n) is 3.35. The molecular weight excluding hydrogens is 375 g/mol. The number of amides is 4. The molecule has 0 aromatic heterocycles. The number of carbonyl (C=O) groups is 3. The van der Waals surface area contributed by atoms with Crippen molar-refractivity contribution in [1.29, 1.82) is 0 Å². The highest BCUT2D eigenvalue weighted by atomic mass is 35.5. The number of halogens is 4. The first kappa shape index (κ1) is 18.5. The third kappa shape index (κ3) is 3.23. The summed E-state index contributed by atoms with van der Waals surface area (Å²) in [5.41, 5.74) is -2.70. The van der Waals surface area contributed by atoms with Crippen molar-refractivity contribution < 1.29 is 27.6 Å². The van der Waals surface area contributed by atoms with Gasteiger partial charge in [-0.2, -0.15) is 13.2 Å². The van der Waals surface area contributed by atoms with Crippen LogP contribution in [0.15, 0.2) is 18.2 Å². The summed E-state index contributed by atoms with van der Waals surface area (Å²) in [6.07, 6.45) is -2.19. The van der Waals surface area contributed by atoms with Crippen LogP contribution in [-0.2, 0) is 15.8 Å². The lowest BCUT2D eigenvalue weighted by Crippen LogP contribution is -2.44. The maximum Gasteiger partial charge on any atom is 0.418 e. The van der Waals surface area contributed by atoms with Crippen molar-refractivity contribution in [2.24, 2.45) is 0 Å². The van der Waals surface area contributed by atoms with Crippen molar-refractivity contribution in [3.05, 3.63) is 28.8 Å². The Hall–Kier alpha value is -2.29. The lowest BCUT2D eigenvalue weighted by atomic mass is 9.98. The molecule has 1 aromatic rings. The van der Waals surface area contributed by atoms with Gasteiger partial charge in [-0.05, 0) is 25.0 Å². The van der Waals surface area contributed by atoms with E-state index in [0.717, 1.165) is 29.9 Å². The van der Waals surface area contributed by atoms with Gasteiger partial charge in [0.05, 0.1) is 16.3 Å². The molecule has 1 heterocycles. The Morgan fingerprint density at radius 3 is 2.54 bits per heavy atom. The fourth-order valence-corrected chi connectivity index (χ4v) is 3.57. The topological polar surface area (TPSA) is 78.5 Å². The van der Waals surface area contributed by atoms with Crippen LogP contribution < -0.4 is 10.6 Å². The van der Waals surface area contributed by atoms with Crippen molar-refractivity contribution >= 4 is 35.1 Å². The average molecular weight is 390 g/mol. The number of alkyl halides is 3. The predicted octanol–water partition coefficient (Wildman–Crippen LogP) is 3.16. The molecule has 1 saturated carbocycles. The minimum atomic E-state index is -4.72. The molecule has 2 N–H and O–H groups in total. The quantitative estimate of drug-likeness (QED) is 0.779. The summed E-state index contributed by atoms with van der Waals surface area (Å²) in [6.45, 7) is -0.686. The number of urea groups is 1. The molecule has 0 radical (unpaired) electrons. The van der Waals surface area contributed by atoms with Crippen molar-refractivity contribution in [1.82, 2.24) is 10.2 Å². The van der Waals surface area contributed by atoms with E-state index < -0.39 is 47.4 Å². The number of imide groups is 1. The fraction of sp³-hybridized carbons (Fsp3) is 0.438. The number of hydrogen-bond donors (Lipinski definition) is 2. The number of anilines is 1. The van der Waals surface area contributed by atoms with Crippen molar-refractivity contribution in [3.8, 4) is 0 Å². The van der Waals surface area contributed by atoms with Gasteiger partial charge in [0.15, 0.2) is 0 Å². The average Bonchev–Trinajstić information content (AvgIpc) is 3.10. The summed E-state index contributed by atoms with van der Waals surface area (Å²) in [6, 6.07) is 2.38. The molecule has 1 spiro atoms. The summed E-state index contributed by atoms with van der Waals surface area (Å²) >= 11 is 5.78. The van der Waals surface area contributed by atoms with Crippen molar-refractivity contribution in [3.63, 3.8) is 0 Å². The second kappa shape index (κ2) is 6.46. The third-order valence-corrected chi connectivity index (χ3v) is 4.90. The molecule has 10 heteroatoms. The Balaban J connectivity index is 1.76. The maximum absolute atomic E-state index is 13.1. The molecule has 26 heavy (non-hydrogen) atoms. The Kier molecular flexibility index (Phi) is 4.60. The Morgan fingerprint density at radius 1 is 1.27 bits per heavy atom. The SMILES string of the molecule is O=C(CN1C(=O)NC2(CCCC2)C1=O)Nc1c(Cl)cccc1C(F)(F)F. The molecule has 140 valence electrons. The van der Waals surface area contributed by atoms with Gasteiger partial charge in [-0.15, -0.1) is 0 Å². The molecule has 0 atom stereocenters. The molecule has 2 aliphatic rings. The molecule has 1 aliphatic carbocycles. The van der Waals surface area contributed by atoms with E-state index in [-0.39, 0.29) is 5.02 Å². The molecule has 2 fully saturated rings. The third-order valence-electron chi connectivity index (χ3n) is 4.59. The largest absolute Gasteiger partial charge is 0.418 e. The molecular formula is C16H15ClF3N3O3. The molecule has 1 aliphatic heterocycles. The molecule has 6 nitrogen and oxygen atoms in total. The first-order chi connectivity index (χ1) is 12.1. The van der Waals surface area contributed by atoms with Gasteiger partial charge in [0.1, 0.15) is 12.1 Å². The van der Waals surface area contributed by atoms with Crippen molar-refractivity contribution in [2.75, 3.05) is 11.9 Å².